The van der Waals surface area contributed by atoms with Crippen LogP contribution in [0, 0.1) is 17.2 Å². The number of aliphatic hydroxyl groups is 1. The SMILES string of the molecule is C=CC1CN2CCC1CC2[C@@H](O)c1ccnc2ccc(OCCCC=N)cc12. The molecule has 0 radical (unpaired) electrons. The molecule has 2 bridgehead atoms. The first-order valence-electron chi connectivity index (χ1n) is 10.3. The summed E-state index contributed by atoms with van der Waals surface area (Å²) in [7, 11) is 0. The third kappa shape index (κ3) is 3.69. The standard InChI is InChI=1S/C23H29N3O2/c1-2-16-15-26-11-8-17(16)13-22(26)23(27)19-7-10-25-21-6-5-18(14-20(19)21)28-12-4-3-9-24/h2,5-7,9-10,14,16-17,22-24,27H,1,3-4,8,11-13,15H2/t16?,17?,22?,23-/m0/s1. The van der Waals surface area contributed by atoms with E-state index in [1.165, 1.54) is 12.6 Å². The van der Waals surface area contributed by atoms with Crippen molar-refractivity contribution in [2.24, 2.45) is 11.8 Å². The number of aromatic nitrogens is 1. The number of hydrogen-bond acceptors (Lipinski definition) is 5. The van der Waals surface area contributed by atoms with E-state index in [-0.39, 0.29) is 6.04 Å². The van der Waals surface area contributed by atoms with E-state index < -0.39 is 6.10 Å². The zero-order valence-corrected chi connectivity index (χ0v) is 16.3. The number of piperidine rings is 3. The number of ether oxygens (including phenoxy) is 1. The minimum Gasteiger partial charge on any atom is -0.494 e. The molecule has 3 fully saturated rings. The summed E-state index contributed by atoms with van der Waals surface area (Å²) >= 11 is 0. The molecule has 0 spiro atoms. The molecule has 1 aromatic carbocycles. The van der Waals surface area contributed by atoms with Gasteiger partial charge in [-0.1, -0.05) is 6.08 Å². The number of fused-ring (bicyclic) bond motifs is 4. The smallest absolute Gasteiger partial charge is 0.120 e. The van der Waals surface area contributed by atoms with Gasteiger partial charge in [0.1, 0.15) is 5.75 Å². The van der Waals surface area contributed by atoms with Crippen molar-refractivity contribution in [1.29, 1.82) is 5.41 Å². The van der Waals surface area contributed by atoms with Gasteiger partial charge in [-0.2, -0.15) is 0 Å². The molecule has 4 heterocycles. The zero-order valence-electron chi connectivity index (χ0n) is 16.3. The van der Waals surface area contributed by atoms with Crippen LogP contribution in [0.15, 0.2) is 43.1 Å². The fraction of sp³-hybridized carbons (Fsp3) is 0.478. The van der Waals surface area contributed by atoms with Crippen LogP contribution in [0.25, 0.3) is 10.9 Å². The summed E-state index contributed by atoms with van der Waals surface area (Å²) in [5.41, 5.74) is 1.81. The van der Waals surface area contributed by atoms with Crippen LogP contribution in [0.3, 0.4) is 0 Å². The van der Waals surface area contributed by atoms with Crippen molar-refractivity contribution >= 4 is 17.1 Å². The number of nitrogens with zero attached hydrogens (tertiary/aromatic N) is 2. The molecule has 5 rings (SSSR count). The Bertz CT molecular complexity index is 853. The van der Waals surface area contributed by atoms with Crippen LogP contribution in [0.1, 0.15) is 37.4 Å². The summed E-state index contributed by atoms with van der Waals surface area (Å²) in [4.78, 5) is 6.90. The Morgan fingerprint density at radius 3 is 3.04 bits per heavy atom. The van der Waals surface area contributed by atoms with Gasteiger partial charge < -0.3 is 15.3 Å². The van der Waals surface area contributed by atoms with E-state index in [0.29, 0.717) is 18.4 Å². The van der Waals surface area contributed by atoms with Gasteiger partial charge in [-0.05, 0) is 80.1 Å². The number of pyridine rings is 1. The topological polar surface area (TPSA) is 69.4 Å². The van der Waals surface area contributed by atoms with Crippen molar-refractivity contribution in [3.05, 3.63) is 48.7 Å². The van der Waals surface area contributed by atoms with E-state index in [2.05, 4.69) is 22.5 Å². The van der Waals surface area contributed by atoms with Crippen LogP contribution < -0.4 is 4.74 Å². The molecule has 3 saturated heterocycles. The van der Waals surface area contributed by atoms with E-state index in [1.54, 1.807) is 6.20 Å². The van der Waals surface area contributed by atoms with Gasteiger partial charge in [-0.25, -0.2) is 0 Å². The normalized spacial score (nSPS) is 27.5. The molecule has 2 aromatic rings. The maximum atomic E-state index is 11.3. The second kappa shape index (κ2) is 8.41. The molecule has 2 N–H and O–H groups in total. The lowest BCUT2D eigenvalue weighted by Crippen LogP contribution is -2.54. The predicted octanol–water partition coefficient (Wildman–Crippen LogP) is 3.97. The van der Waals surface area contributed by atoms with Gasteiger partial charge in [0.2, 0.25) is 0 Å². The summed E-state index contributed by atoms with van der Waals surface area (Å²) in [5.74, 6) is 1.96. The number of nitrogens with one attached hydrogen (secondary N) is 1. The highest BCUT2D eigenvalue weighted by atomic mass is 16.5. The van der Waals surface area contributed by atoms with Gasteiger partial charge in [0, 0.05) is 24.2 Å². The number of rotatable bonds is 8. The second-order valence-electron chi connectivity index (χ2n) is 7.97. The van der Waals surface area contributed by atoms with Crippen LogP contribution >= 0.6 is 0 Å². The Kier molecular flexibility index (Phi) is 5.74. The quantitative estimate of drug-likeness (QED) is 0.414. The van der Waals surface area contributed by atoms with Crippen molar-refractivity contribution in [2.45, 2.75) is 37.8 Å². The maximum absolute atomic E-state index is 11.3. The molecule has 0 saturated carbocycles. The zero-order chi connectivity index (χ0) is 19.5. The van der Waals surface area contributed by atoms with Crippen LogP contribution in [-0.4, -0.2) is 46.9 Å². The lowest BCUT2D eigenvalue weighted by molar-refractivity contribution is -0.0444. The molecule has 148 valence electrons. The molecule has 3 aliphatic rings. The molecule has 1 aromatic heterocycles. The first-order valence-corrected chi connectivity index (χ1v) is 10.3. The number of unbranched alkanes of at least 4 members (excludes halogenated alkanes) is 1. The highest BCUT2D eigenvalue weighted by Gasteiger charge is 2.42. The van der Waals surface area contributed by atoms with Gasteiger partial charge in [0.25, 0.3) is 0 Å². The highest BCUT2D eigenvalue weighted by Crippen LogP contribution is 2.42. The average molecular weight is 380 g/mol. The third-order valence-corrected chi connectivity index (χ3v) is 6.35. The van der Waals surface area contributed by atoms with E-state index in [1.807, 2.05) is 24.3 Å². The van der Waals surface area contributed by atoms with Crippen molar-refractivity contribution in [1.82, 2.24) is 9.88 Å². The Morgan fingerprint density at radius 2 is 2.29 bits per heavy atom. The minimum atomic E-state index is -0.535. The summed E-state index contributed by atoms with van der Waals surface area (Å²) in [5, 5.41) is 19.4. The van der Waals surface area contributed by atoms with Crippen molar-refractivity contribution < 1.29 is 9.84 Å². The van der Waals surface area contributed by atoms with E-state index in [9.17, 15) is 5.11 Å². The van der Waals surface area contributed by atoms with Crippen LogP contribution in [0.4, 0.5) is 0 Å². The van der Waals surface area contributed by atoms with Gasteiger partial charge in [0.15, 0.2) is 0 Å². The van der Waals surface area contributed by atoms with E-state index >= 15 is 0 Å². The highest BCUT2D eigenvalue weighted by molar-refractivity contribution is 5.84. The monoisotopic (exact) mass is 379 g/mol. The van der Waals surface area contributed by atoms with Crippen LogP contribution in [0.5, 0.6) is 5.75 Å². The summed E-state index contributed by atoms with van der Waals surface area (Å²) in [6.07, 6.45) is 8.51. The summed E-state index contributed by atoms with van der Waals surface area (Å²) in [6, 6.07) is 7.97. The molecule has 5 heteroatoms. The Balaban J connectivity index is 1.57. The Morgan fingerprint density at radius 1 is 1.39 bits per heavy atom. The van der Waals surface area contributed by atoms with Crippen LogP contribution in [0.2, 0.25) is 0 Å². The predicted molar refractivity (Wildman–Crippen MR) is 112 cm³/mol. The number of aliphatic hydroxyl groups excluding tert-OH is 1. The van der Waals surface area contributed by atoms with E-state index in [4.69, 9.17) is 10.1 Å². The lowest BCUT2D eigenvalue weighted by Gasteiger charge is -2.50. The lowest BCUT2D eigenvalue weighted by atomic mass is 9.73. The summed E-state index contributed by atoms with van der Waals surface area (Å²) < 4.78 is 5.84. The van der Waals surface area contributed by atoms with Crippen LogP contribution in [-0.2, 0) is 0 Å². The molecule has 4 unspecified atom stereocenters. The first kappa shape index (κ1) is 19.1. The summed E-state index contributed by atoms with van der Waals surface area (Å²) in [6.45, 7) is 6.63. The molecule has 0 aliphatic carbocycles. The largest absolute Gasteiger partial charge is 0.494 e. The molecule has 5 atom stereocenters. The van der Waals surface area contributed by atoms with Gasteiger partial charge in [0.05, 0.1) is 18.2 Å². The molecule has 28 heavy (non-hydrogen) atoms. The molecular formula is C23H29N3O2. The molecule has 3 aliphatic heterocycles. The first-order chi connectivity index (χ1) is 13.7. The Labute approximate surface area is 166 Å². The van der Waals surface area contributed by atoms with Crippen molar-refractivity contribution in [2.75, 3.05) is 19.7 Å². The average Bonchev–Trinajstić information content (AvgIpc) is 2.76. The fourth-order valence-electron chi connectivity index (χ4n) is 4.78. The third-order valence-electron chi connectivity index (χ3n) is 6.35. The van der Waals surface area contributed by atoms with Gasteiger partial charge in [-0.15, -0.1) is 6.58 Å². The van der Waals surface area contributed by atoms with Gasteiger partial charge in [-0.3, -0.25) is 9.88 Å². The molecule has 5 nitrogen and oxygen atoms in total. The minimum absolute atomic E-state index is 0.151. The van der Waals surface area contributed by atoms with Gasteiger partial charge >= 0.3 is 0 Å². The molecule has 0 amide bonds. The van der Waals surface area contributed by atoms with E-state index in [0.717, 1.165) is 54.6 Å². The second-order valence-corrected chi connectivity index (χ2v) is 7.97. The number of benzene rings is 1. The van der Waals surface area contributed by atoms with Crippen molar-refractivity contribution in [3.63, 3.8) is 0 Å². The van der Waals surface area contributed by atoms with Crippen molar-refractivity contribution in [3.8, 4) is 5.75 Å². The molecular weight excluding hydrogens is 350 g/mol. The number of hydrogen-bond donors (Lipinski definition) is 2. The maximum Gasteiger partial charge on any atom is 0.120 e. The Hall–Kier alpha value is -2.24. The fourth-order valence-corrected chi connectivity index (χ4v) is 4.78.